The number of anilines is 2. The zero-order valence-corrected chi connectivity index (χ0v) is 16.8. The lowest BCUT2D eigenvalue weighted by Gasteiger charge is -2.13. The van der Waals surface area contributed by atoms with Gasteiger partial charge in [0.2, 0.25) is 0 Å². The van der Waals surface area contributed by atoms with Gasteiger partial charge in [-0.2, -0.15) is 0 Å². The van der Waals surface area contributed by atoms with E-state index in [4.69, 9.17) is 11.1 Å². The summed E-state index contributed by atoms with van der Waals surface area (Å²) in [6.07, 6.45) is 6.21. The minimum atomic E-state index is -0.112. The zero-order chi connectivity index (χ0) is 20.5. The van der Waals surface area contributed by atoms with Crippen LogP contribution in [0.15, 0.2) is 35.4 Å². The van der Waals surface area contributed by atoms with Gasteiger partial charge in [0.1, 0.15) is 6.33 Å². The number of hydrogen-bond acceptors (Lipinski definition) is 6. The Hall–Kier alpha value is -3.19. The highest BCUT2D eigenvalue weighted by molar-refractivity contribution is 6.11. The third-order valence-corrected chi connectivity index (χ3v) is 5.42. The van der Waals surface area contributed by atoms with Crippen LogP contribution in [0.3, 0.4) is 0 Å². The molecule has 4 aromatic rings. The lowest BCUT2D eigenvalue weighted by Crippen LogP contribution is -2.14. The molecule has 4 N–H and O–H groups in total. The van der Waals surface area contributed by atoms with Crippen LogP contribution in [0.5, 0.6) is 0 Å². The fraction of sp³-hybridized carbons (Fsp3) is 0.318. The molecule has 0 aliphatic carbocycles. The molecule has 2 heterocycles. The summed E-state index contributed by atoms with van der Waals surface area (Å²) in [4.78, 5) is 20.2. The van der Waals surface area contributed by atoms with Gasteiger partial charge in [-0.05, 0) is 57.7 Å². The number of aromatic nitrogens is 2. The molecule has 29 heavy (non-hydrogen) atoms. The summed E-state index contributed by atoms with van der Waals surface area (Å²) in [7, 11) is 4.17. The van der Waals surface area contributed by atoms with E-state index in [9.17, 15) is 4.79 Å². The molecule has 0 unspecified atom stereocenters. The number of nitrogen functional groups attached to an aromatic ring is 1. The van der Waals surface area contributed by atoms with Crippen molar-refractivity contribution in [2.75, 3.05) is 38.2 Å². The Morgan fingerprint density at radius 1 is 1.17 bits per heavy atom. The Bertz CT molecular complexity index is 1240. The van der Waals surface area contributed by atoms with E-state index in [1.807, 2.05) is 22.6 Å². The van der Waals surface area contributed by atoms with E-state index in [2.05, 4.69) is 29.3 Å². The average Bonchev–Trinajstić information content (AvgIpc) is 3.13. The first-order chi connectivity index (χ1) is 14.0. The largest absolute Gasteiger partial charge is 0.398 e. The molecule has 2 aromatic carbocycles. The molecule has 4 rings (SSSR count). The molecule has 150 valence electrons. The Labute approximate surface area is 169 Å². The lowest BCUT2D eigenvalue weighted by atomic mass is 10.0. The van der Waals surface area contributed by atoms with Crippen molar-refractivity contribution < 1.29 is 0 Å². The van der Waals surface area contributed by atoms with Gasteiger partial charge in [0.05, 0.1) is 27.3 Å². The summed E-state index contributed by atoms with van der Waals surface area (Å²) < 4.78 is 1.93. The Morgan fingerprint density at radius 3 is 2.76 bits per heavy atom. The van der Waals surface area contributed by atoms with E-state index < -0.39 is 0 Å². The maximum absolute atomic E-state index is 13.5. The molecule has 0 aliphatic heterocycles. The minimum absolute atomic E-state index is 0.112. The second-order valence-corrected chi connectivity index (χ2v) is 7.70. The van der Waals surface area contributed by atoms with E-state index in [0.717, 1.165) is 60.8 Å². The molecule has 0 amide bonds. The normalized spacial score (nSPS) is 11.8. The highest BCUT2D eigenvalue weighted by Gasteiger charge is 2.18. The van der Waals surface area contributed by atoms with E-state index in [1.165, 1.54) is 0 Å². The van der Waals surface area contributed by atoms with Crippen molar-refractivity contribution >= 4 is 44.9 Å². The molecule has 0 saturated heterocycles. The standard InChI is InChI=1S/C22H26N6O/c1-27(2)11-5-3-4-10-25-16-7-8-17-21-20(16)22(29)19-14(12-23)15(24)6-9-18(19)28(21)13-26-17/h6-9,12-13,23,25H,3-5,10-11,24H2,1-2H3. The maximum Gasteiger partial charge on any atom is 0.200 e. The number of nitrogens with two attached hydrogens (primary N) is 1. The zero-order valence-electron chi connectivity index (χ0n) is 16.8. The van der Waals surface area contributed by atoms with Gasteiger partial charge >= 0.3 is 0 Å². The van der Waals surface area contributed by atoms with Crippen LogP contribution in [-0.2, 0) is 0 Å². The van der Waals surface area contributed by atoms with Gasteiger partial charge in [0.25, 0.3) is 0 Å². The van der Waals surface area contributed by atoms with Crippen LogP contribution in [0.2, 0.25) is 0 Å². The van der Waals surface area contributed by atoms with Crippen molar-refractivity contribution in [3.63, 3.8) is 0 Å². The monoisotopic (exact) mass is 390 g/mol. The van der Waals surface area contributed by atoms with E-state index in [1.54, 1.807) is 12.4 Å². The Morgan fingerprint density at radius 2 is 2.00 bits per heavy atom. The van der Waals surface area contributed by atoms with Gasteiger partial charge in [0, 0.05) is 29.7 Å². The first-order valence-electron chi connectivity index (χ1n) is 9.89. The van der Waals surface area contributed by atoms with Crippen molar-refractivity contribution in [1.29, 1.82) is 5.41 Å². The topological polar surface area (TPSA) is 99.5 Å². The molecular weight excluding hydrogens is 364 g/mol. The number of hydrogen-bond donors (Lipinski definition) is 3. The van der Waals surface area contributed by atoms with Gasteiger partial charge in [0.15, 0.2) is 5.43 Å². The van der Waals surface area contributed by atoms with Crippen LogP contribution in [-0.4, -0.2) is 47.7 Å². The summed E-state index contributed by atoms with van der Waals surface area (Å²) >= 11 is 0. The third-order valence-electron chi connectivity index (χ3n) is 5.42. The van der Waals surface area contributed by atoms with Crippen LogP contribution >= 0.6 is 0 Å². The summed E-state index contributed by atoms with van der Waals surface area (Å²) in [5.41, 5.74) is 9.94. The van der Waals surface area contributed by atoms with Gasteiger partial charge in [-0.15, -0.1) is 0 Å². The molecule has 0 saturated carbocycles. The molecule has 2 aromatic heterocycles. The predicted octanol–water partition coefficient (Wildman–Crippen LogP) is 3.16. The van der Waals surface area contributed by atoms with Crippen molar-refractivity contribution in [2.24, 2.45) is 0 Å². The predicted molar refractivity (Wildman–Crippen MR) is 121 cm³/mol. The summed E-state index contributed by atoms with van der Waals surface area (Å²) in [5, 5.41) is 12.3. The third kappa shape index (κ3) is 3.27. The smallest absolute Gasteiger partial charge is 0.200 e. The molecule has 0 radical (unpaired) electrons. The summed E-state index contributed by atoms with van der Waals surface area (Å²) in [6, 6.07) is 7.43. The molecular formula is C22H26N6O. The number of rotatable bonds is 8. The number of nitrogens with one attached hydrogen (secondary N) is 2. The molecule has 0 fully saturated rings. The summed E-state index contributed by atoms with van der Waals surface area (Å²) in [6.45, 7) is 1.88. The fourth-order valence-corrected chi connectivity index (χ4v) is 3.96. The van der Waals surface area contributed by atoms with Gasteiger partial charge in [-0.25, -0.2) is 4.98 Å². The lowest BCUT2D eigenvalue weighted by molar-refractivity contribution is 0.393. The minimum Gasteiger partial charge on any atom is -0.398 e. The number of unbranched alkanes of at least 4 members (excludes halogenated alkanes) is 2. The van der Waals surface area contributed by atoms with Gasteiger partial charge < -0.3 is 21.4 Å². The van der Waals surface area contributed by atoms with Gasteiger partial charge in [-0.1, -0.05) is 6.42 Å². The molecule has 0 bridgehead atoms. The summed E-state index contributed by atoms with van der Waals surface area (Å²) in [5.74, 6) is 0. The van der Waals surface area contributed by atoms with Crippen molar-refractivity contribution in [2.45, 2.75) is 19.3 Å². The van der Waals surface area contributed by atoms with Crippen LogP contribution in [0.1, 0.15) is 24.8 Å². The number of benzene rings is 2. The number of fused-ring (bicyclic) bond motifs is 2. The van der Waals surface area contributed by atoms with Crippen LogP contribution in [0.25, 0.3) is 27.3 Å². The van der Waals surface area contributed by atoms with Crippen molar-refractivity contribution in [3.05, 3.63) is 46.4 Å². The molecule has 7 nitrogen and oxygen atoms in total. The van der Waals surface area contributed by atoms with Crippen LogP contribution < -0.4 is 16.5 Å². The fourth-order valence-electron chi connectivity index (χ4n) is 3.96. The number of nitrogens with zero attached hydrogens (tertiary/aromatic N) is 3. The highest BCUT2D eigenvalue weighted by atomic mass is 16.1. The maximum atomic E-state index is 13.5. The SMILES string of the molecule is CN(C)CCCCCNc1ccc2ncn3c4ccc(N)c(C=N)c4c(=O)c1c23. The molecule has 7 heteroatoms. The Kier molecular flexibility index (Phi) is 5.07. The van der Waals surface area contributed by atoms with Crippen LogP contribution in [0.4, 0.5) is 11.4 Å². The van der Waals surface area contributed by atoms with E-state index in [0.29, 0.717) is 22.0 Å². The quantitative estimate of drug-likeness (QED) is 0.186. The molecule has 0 spiro atoms. The average molecular weight is 390 g/mol. The van der Waals surface area contributed by atoms with E-state index in [-0.39, 0.29) is 5.43 Å². The molecule has 0 atom stereocenters. The Balaban J connectivity index is 1.78. The first kappa shape index (κ1) is 19.1. The second kappa shape index (κ2) is 7.67. The van der Waals surface area contributed by atoms with E-state index >= 15 is 0 Å². The second-order valence-electron chi connectivity index (χ2n) is 7.70. The number of pyridine rings is 1. The van der Waals surface area contributed by atoms with Crippen molar-refractivity contribution in [1.82, 2.24) is 14.3 Å². The van der Waals surface area contributed by atoms with Crippen molar-refractivity contribution in [3.8, 4) is 0 Å². The highest BCUT2D eigenvalue weighted by Crippen LogP contribution is 2.30. The van der Waals surface area contributed by atoms with Crippen LogP contribution in [0, 0.1) is 5.41 Å². The first-order valence-corrected chi connectivity index (χ1v) is 9.89. The molecule has 0 aliphatic rings. The number of imidazole rings is 1. The van der Waals surface area contributed by atoms with Gasteiger partial charge in [-0.3, -0.25) is 9.20 Å².